The van der Waals surface area contributed by atoms with Crippen LogP contribution in [-0.2, 0) is 14.3 Å². The molecule has 2 heterocycles. The molecule has 0 saturated carbocycles. The van der Waals surface area contributed by atoms with Crippen molar-refractivity contribution in [2.75, 3.05) is 11.5 Å². The highest BCUT2D eigenvalue weighted by atomic mass is 32.2. The first kappa shape index (κ1) is 23.4. The number of carbonyl (C=O) groups is 3. The third kappa shape index (κ3) is 4.38. The lowest BCUT2D eigenvalue weighted by Crippen LogP contribution is -2.51. The topological polar surface area (TPSA) is 66.9 Å². The number of ether oxygens (including phenoxy) is 1. The Balaban J connectivity index is 1.92. The molecule has 0 N–H and O–H groups in total. The second kappa shape index (κ2) is 8.69. The van der Waals surface area contributed by atoms with Gasteiger partial charge in [-0.15, -0.1) is 0 Å². The number of hydrogen-bond acceptors (Lipinski definition) is 6. The number of anilines is 1. The number of carbonyl (C=O) groups excluding carboxylic acids is 3. The van der Waals surface area contributed by atoms with Gasteiger partial charge in [0.1, 0.15) is 6.04 Å². The van der Waals surface area contributed by atoms with Crippen molar-refractivity contribution in [1.29, 1.82) is 0 Å². The van der Waals surface area contributed by atoms with E-state index in [0.29, 0.717) is 16.9 Å². The molecule has 3 rings (SSSR count). The van der Waals surface area contributed by atoms with Gasteiger partial charge in [-0.3, -0.25) is 14.5 Å². The van der Waals surface area contributed by atoms with Gasteiger partial charge in [-0.05, 0) is 95.0 Å². The molecular formula is C24H32N2O4S. The number of hydrogen-bond donors (Lipinski definition) is 0. The molecule has 1 fully saturated rings. The largest absolute Gasteiger partial charge is 0.464 e. The van der Waals surface area contributed by atoms with Gasteiger partial charge < -0.3 is 9.64 Å². The third-order valence-corrected chi connectivity index (χ3v) is 6.84. The Morgan fingerprint density at radius 1 is 1.29 bits per heavy atom. The summed E-state index contributed by atoms with van der Waals surface area (Å²) in [6.07, 6.45) is 2.78. The monoisotopic (exact) mass is 444 g/mol. The molecule has 0 bridgehead atoms. The summed E-state index contributed by atoms with van der Waals surface area (Å²) in [6, 6.07) is 5.65. The second-order valence-electron chi connectivity index (χ2n) is 9.18. The number of imide groups is 1. The number of nitrogens with zero attached hydrogens (tertiary/aromatic N) is 2. The van der Waals surface area contributed by atoms with Crippen LogP contribution in [0.5, 0.6) is 0 Å². The summed E-state index contributed by atoms with van der Waals surface area (Å²) < 4.78 is 4.97. The van der Waals surface area contributed by atoms with Gasteiger partial charge in [0.05, 0.1) is 11.5 Å². The Hall–Kier alpha value is -2.28. The predicted octanol–water partition coefficient (Wildman–Crippen LogP) is 5.18. The summed E-state index contributed by atoms with van der Waals surface area (Å²) >= 11 is 0.864. The van der Waals surface area contributed by atoms with Crippen molar-refractivity contribution < 1.29 is 19.1 Å². The fourth-order valence-corrected chi connectivity index (χ4v) is 5.78. The van der Waals surface area contributed by atoms with E-state index in [1.807, 2.05) is 6.07 Å². The average Bonchev–Trinajstić information content (AvgIpc) is 2.94. The van der Waals surface area contributed by atoms with Crippen LogP contribution in [0.3, 0.4) is 0 Å². The summed E-state index contributed by atoms with van der Waals surface area (Å²) in [7, 11) is 0. The summed E-state index contributed by atoms with van der Waals surface area (Å²) in [6.45, 7) is 14.6. The molecule has 0 unspecified atom stereocenters. The summed E-state index contributed by atoms with van der Waals surface area (Å²) in [5.74, 6) is -0.649. The van der Waals surface area contributed by atoms with Crippen LogP contribution in [0.1, 0.15) is 71.9 Å². The van der Waals surface area contributed by atoms with Crippen molar-refractivity contribution in [1.82, 2.24) is 4.90 Å². The highest BCUT2D eigenvalue weighted by Gasteiger charge is 2.42. The zero-order valence-electron chi connectivity index (χ0n) is 19.4. The molecule has 7 heteroatoms. The van der Waals surface area contributed by atoms with Crippen LogP contribution in [-0.4, -0.2) is 46.2 Å². The van der Waals surface area contributed by atoms with Gasteiger partial charge >= 0.3 is 5.97 Å². The van der Waals surface area contributed by atoms with E-state index in [1.54, 1.807) is 13.0 Å². The fourth-order valence-electron chi connectivity index (χ4n) is 4.87. The number of thioether (sulfide) groups is 1. The lowest BCUT2D eigenvalue weighted by molar-refractivity contribution is -0.150. The van der Waals surface area contributed by atoms with Crippen LogP contribution >= 0.6 is 11.8 Å². The first-order valence-electron chi connectivity index (χ1n) is 10.8. The fraction of sp³-hybridized carbons (Fsp3) is 0.542. The zero-order chi connectivity index (χ0) is 23.1. The van der Waals surface area contributed by atoms with E-state index in [-0.39, 0.29) is 12.1 Å². The molecule has 31 heavy (non-hydrogen) atoms. The molecule has 0 spiro atoms. The molecule has 1 aromatic rings. The molecular weight excluding hydrogens is 412 g/mol. The number of rotatable bonds is 5. The van der Waals surface area contributed by atoms with Gasteiger partial charge in [-0.25, -0.2) is 4.79 Å². The van der Waals surface area contributed by atoms with Crippen molar-refractivity contribution in [3.63, 3.8) is 0 Å². The van der Waals surface area contributed by atoms with Gasteiger partial charge in [-0.1, -0.05) is 13.0 Å². The Bertz CT molecular complexity index is 938. The minimum atomic E-state index is -0.941. The van der Waals surface area contributed by atoms with Crippen molar-refractivity contribution in [2.45, 2.75) is 78.4 Å². The maximum Gasteiger partial charge on any atom is 0.329 e. The standard InChI is InChI=1S/C24H32N2O4S/c1-8-30-22(28)16(5)25-21(27)20(31-23(25)29)12-17-9-10-19-18(11-17)15(4)13-24(6,7)26(19)14(2)3/h9-12,14-16H,8,13H2,1-7H3/b20-12+/t15-,16-/m0/s1. The second-order valence-corrected chi connectivity index (χ2v) is 10.2. The van der Waals surface area contributed by atoms with Crippen LogP contribution in [0.2, 0.25) is 0 Å². The van der Waals surface area contributed by atoms with E-state index in [2.05, 4.69) is 51.7 Å². The van der Waals surface area contributed by atoms with Gasteiger partial charge in [0, 0.05) is 17.3 Å². The molecule has 0 radical (unpaired) electrons. The van der Waals surface area contributed by atoms with Crippen LogP contribution in [0, 0.1) is 0 Å². The molecule has 0 aliphatic carbocycles. The van der Waals surface area contributed by atoms with Crippen molar-refractivity contribution in [2.24, 2.45) is 0 Å². The first-order chi connectivity index (χ1) is 14.5. The molecule has 1 aromatic carbocycles. The smallest absolute Gasteiger partial charge is 0.329 e. The minimum Gasteiger partial charge on any atom is -0.464 e. The van der Waals surface area contributed by atoms with Crippen LogP contribution in [0.25, 0.3) is 6.08 Å². The van der Waals surface area contributed by atoms with Crippen molar-refractivity contribution >= 4 is 40.6 Å². The molecule has 2 atom stereocenters. The maximum absolute atomic E-state index is 12.9. The number of benzene rings is 1. The molecule has 1 saturated heterocycles. The highest BCUT2D eigenvalue weighted by molar-refractivity contribution is 8.18. The van der Waals surface area contributed by atoms with E-state index in [0.717, 1.165) is 28.6 Å². The number of amides is 2. The summed E-state index contributed by atoms with van der Waals surface area (Å²) in [5.41, 5.74) is 3.41. The third-order valence-electron chi connectivity index (χ3n) is 5.95. The highest BCUT2D eigenvalue weighted by Crippen LogP contribution is 2.45. The van der Waals surface area contributed by atoms with E-state index in [9.17, 15) is 14.4 Å². The van der Waals surface area contributed by atoms with Crippen LogP contribution < -0.4 is 4.90 Å². The Labute approximate surface area is 189 Å². The molecule has 0 aromatic heterocycles. The van der Waals surface area contributed by atoms with Gasteiger partial charge in [-0.2, -0.15) is 0 Å². The predicted molar refractivity (Wildman–Crippen MR) is 125 cm³/mol. The van der Waals surface area contributed by atoms with E-state index in [1.165, 1.54) is 18.2 Å². The maximum atomic E-state index is 12.9. The number of fused-ring (bicyclic) bond motifs is 1. The van der Waals surface area contributed by atoms with Gasteiger partial charge in [0.2, 0.25) is 0 Å². The van der Waals surface area contributed by atoms with Crippen molar-refractivity contribution in [3.8, 4) is 0 Å². The Morgan fingerprint density at radius 2 is 1.97 bits per heavy atom. The molecule has 2 aliphatic rings. The Morgan fingerprint density at radius 3 is 2.58 bits per heavy atom. The van der Waals surface area contributed by atoms with Gasteiger partial charge in [0.15, 0.2) is 0 Å². The first-order valence-corrected chi connectivity index (χ1v) is 11.7. The van der Waals surface area contributed by atoms with E-state index < -0.39 is 23.2 Å². The molecule has 2 amide bonds. The Kier molecular flexibility index (Phi) is 6.56. The zero-order valence-corrected chi connectivity index (χ0v) is 20.2. The summed E-state index contributed by atoms with van der Waals surface area (Å²) in [4.78, 5) is 41.1. The molecule has 2 aliphatic heterocycles. The molecule has 168 valence electrons. The lowest BCUT2D eigenvalue weighted by Gasteiger charge is -2.50. The number of esters is 1. The normalized spacial score (nSPS) is 22.8. The van der Waals surface area contributed by atoms with E-state index in [4.69, 9.17) is 4.74 Å². The average molecular weight is 445 g/mol. The SMILES string of the molecule is CCOC(=O)[C@H](C)N1C(=O)S/C(=C/c2ccc3c(c2)[C@@H](C)CC(C)(C)N3C(C)C)C1=O. The quantitative estimate of drug-likeness (QED) is 0.461. The van der Waals surface area contributed by atoms with Crippen LogP contribution in [0.4, 0.5) is 10.5 Å². The van der Waals surface area contributed by atoms with Gasteiger partial charge in [0.25, 0.3) is 11.1 Å². The van der Waals surface area contributed by atoms with Crippen molar-refractivity contribution in [3.05, 3.63) is 34.2 Å². The summed E-state index contributed by atoms with van der Waals surface area (Å²) in [5, 5.41) is -0.448. The molecule has 6 nitrogen and oxygen atoms in total. The van der Waals surface area contributed by atoms with Crippen LogP contribution in [0.15, 0.2) is 23.1 Å². The lowest BCUT2D eigenvalue weighted by atomic mass is 9.79. The van der Waals surface area contributed by atoms with E-state index >= 15 is 0 Å². The minimum absolute atomic E-state index is 0.0635.